The summed E-state index contributed by atoms with van der Waals surface area (Å²) in [6, 6.07) is 2.71. The summed E-state index contributed by atoms with van der Waals surface area (Å²) in [5, 5.41) is 0. The van der Waals surface area contributed by atoms with E-state index in [1.54, 1.807) is 20.8 Å². The Kier molecular flexibility index (Phi) is 3.84. The summed E-state index contributed by atoms with van der Waals surface area (Å²) < 4.78 is 48.8. The minimum atomic E-state index is -5.19. The molecule has 0 radical (unpaired) electrons. The van der Waals surface area contributed by atoms with Gasteiger partial charge in [-0.15, -0.1) is 5.46 Å². The van der Waals surface area contributed by atoms with Crippen LogP contribution >= 0.6 is 0 Å². The molecule has 2 rings (SSSR count). The van der Waals surface area contributed by atoms with Crippen LogP contribution in [0.2, 0.25) is 0 Å². The summed E-state index contributed by atoms with van der Waals surface area (Å²) in [4.78, 5) is 23.5. The number of carbonyl (C=O) groups excluding carboxylic acids is 1. The van der Waals surface area contributed by atoms with Crippen LogP contribution < -0.4 is 11.2 Å². The zero-order chi connectivity index (χ0) is 16.7. The number of benzene rings is 1. The third-order valence-corrected chi connectivity index (χ3v) is 2.78. The van der Waals surface area contributed by atoms with Gasteiger partial charge in [-0.2, -0.15) is 0 Å². The van der Waals surface area contributed by atoms with Crippen LogP contribution in [0, 0.1) is 0 Å². The van der Waals surface area contributed by atoms with Gasteiger partial charge in [-0.05, 0) is 32.9 Å². The van der Waals surface area contributed by atoms with Gasteiger partial charge in [0.25, 0.3) is 0 Å². The lowest BCUT2D eigenvalue weighted by Gasteiger charge is -2.19. The van der Waals surface area contributed by atoms with Crippen molar-refractivity contribution in [1.29, 1.82) is 0 Å². The molecule has 0 atom stereocenters. The van der Waals surface area contributed by atoms with Gasteiger partial charge in [0.15, 0.2) is 5.58 Å². The second kappa shape index (κ2) is 5.22. The highest BCUT2D eigenvalue weighted by Gasteiger charge is 2.27. The molecule has 0 aliphatic carbocycles. The summed E-state index contributed by atoms with van der Waals surface area (Å²) in [7, 11) is 0. The van der Waals surface area contributed by atoms with Crippen LogP contribution in [0.5, 0.6) is 0 Å². The van der Waals surface area contributed by atoms with Gasteiger partial charge in [-0.3, -0.25) is 9.36 Å². The monoisotopic (exact) mass is 316 g/mol. The molecule has 5 nitrogen and oxygen atoms in total. The zero-order valence-corrected chi connectivity index (χ0v) is 12.2. The first-order chi connectivity index (χ1) is 9.97. The molecular weight excluding hydrogens is 302 g/mol. The normalized spacial score (nSPS) is 12.6. The van der Waals surface area contributed by atoms with Gasteiger partial charge in [0.05, 0.1) is 5.52 Å². The lowest BCUT2D eigenvalue weighted by atomic mass is 9.80. The summed E-state index contributed by atoms with van der Waals surface area (Å²) in [6.45, 7) is -0.626. The molecular formula is C13H14BF3NO4-. The summed E-state index contributed by atoms with van der Waals surface area (Å²) in [5.74, 6) is -1.59. The van der Waals surface area contributed by atoms with Crippen molar-refractivity contribution in [2.45, 2.75) is 32.9 Å². The van der Waals surface area contributed by atoms with Gasteiger partial charge in [-0.25, -0.2) is 4.79 Å². The average molecular weight is 316 g/mol. The van der Waals surface area contributed by atoms with E-state index in [0.29, 0.717) is 0 Å². The van der Waals surface area contributed by atoms with Crippen LogP contribution in [-0.2, 0) is 16.1 Å². The number of rotatable bonds is 3. The van der Waals surface area contributed by atoms with Crippen LogP contribution in [0.1, 0.15) is 20.8 Å². The Morgan fingerprint density at radius 1 is 1.32 bits per heavy atom. The van der Waals surface area contributed by atoms with E-state index < -0.39 is 36.3 Å². The maximum Gasteiger partial charge on any atom is 0.509 e. The maximum absolute atomic E-state index is 12.7. The number of hydrogen-bond donors (Lipinski definition) is 0. The quantitative estimate of drug-likeness (QED) is 0.642. The van der Waals surface area contributed by atoms with Crippen molar-refractivity contribution < 1.29 is 26.9 Å². The first-order valence-electron chi connectivity index (χ1n) is 6.52. The molecule has 1 heterocycles. The first kappa shape index (κ1) is 16.2. The number of halogens is 3. The van der Waals surface area contributed by atoms with Gasteiger partial charge in [0, 0.05) is 0 Å². The number of aromatic nitrogens is 1. The number of esters is 1. The van der Waals surface area contributed by atoms with E-state index in [1.165, 1.54) is 0 Å². The molecule has 0 saturated carbocycles. The number of nitrogens with zero attached hydrogens (tertiary/aromatic N) is 1. The molecule has 1 aromatic heterocycles. The Labute approximate surface area is 123 Å². The Balaban J connectivity index is 2.38. The topological polar surface area (TPSA) is 61.4 Å². The predicted octanol–water partition coefficient (Wildman–Crippen LogP) is 1.99. The van der Waals surface area contributed by atoms with Gasteiger partial charge in [0.2, 0.25) is 0 Å². The molecule has 22 heavy (non-hydrogen) atoms. The van der Waals surface area contributed by atoms with Gasteiger partial charge in [0.1, 0.15) is 12.1 Å². The van der Waals surface area contributed by atoms with Gasteiger partial charge < -0.3 is 22.1 Å². The molecule has 0 aliphatic rings. The minimum absolute atomic E-state index is 0.111. The van der Waals surface area contributed by atoms with Crippen molar-refractivity contribution in [3.05, 3.63) is 28.7 Å². The van der Waals surface area contributed by atoms with Crippen LogP contribution in [0.3, 0.4) is 0 Å². The lowest BCUT2D eigenvalue weighted by Crippen LogP contribution is -2.33. The molecule has 0 fully saturated rings. The molecule has 120 valence electrons. The van der Waals surface area contributed by atoms with E-state index in [-0.39, 0.29) is 11.1 Å². The largest absolute Gasteiger partial charge is 0.509 e. The van der Waals surface area contributed by atoms with Crippen molar-refractivity contribution >= 4 is 29.5 Å². The van der Waals surface area contributed by atoms with E-state index in [0.717, 1.165) is 22.8 Å². The number of hydrogen-bond acceptors (Lipinski definition) is 4. The number of ether oxygens (including phenoxy) is 1. The first-order valence-corrected chi connectivity index (χ1v) is 6.52. The van der Waals surface area contributed by atoms with Crippen molar-refractivity contribution in [2.24, 2.45) is 0 Å². The fourth-order valence-electron chi connectivity index (χ4n) is 1.94. The summed E-state index contributed by atoms with van der Waals surface area (Å²) in [5.41, 5.74) is -1.71. The predicted molar refractivity (Wildman–Crippen MR) is 75.0 cm³/mol. The molecule has 0 bridgehead atoms. The van der Waals surface area contributed by atoms with Crippen LogP contribution in [-0.4, -0.2) is 23.1 Å². The molecule has 2 aromatic rings. The minimum Gasteiger partial charge on any atom is -0.459 e. The fourth-order valence-corrected chi connectivity index (χ4v) is 1.94. The van der Waals surface area contributed by atoms with E-state index in [1.807, 2.05) is 0 Å². The zero-order valence-electron chi connectivity index (χ0n) is 12.2. The van der Waals surface area contributed by atoms with E-state index in [4.69, 9.17) is 9.15 Å². The van der Waals surface area contributed by atoms with E-state index >= 15 is 0 Å². The highest BCUT2D eigenvalue weighted by atomic mass is 19.4. The van der Waals surface area contributed by atoms with E-state index in [2.05, 4.69) is 0 Å². The molecule has 0 unspecified atom stereocenters. The molecule has 0 saturated heterocycles. The van der Waals surface area contributed by atoms with Crippen molar-refractivity contribution in [2.75, 3.05) is 0 Å². The SMILES string of the molecule is CC(C)(C)OC(=O)Cn1c(=O)oc2cc([B-](F)(F)F)ccc21. The Bertz CT molecular complexity index is 770. The number of carbonyl (C=O) groups is 1. The molecule has 0 N–H and O–H groups in total. The Morgan fingerprint density at radius 2 is 1.95 bits per heavy atom. The fraction of sp³-hybridized carbons (Fsp3) is 0.385. The molecule has 0 aliphatic heterocycles. The highest BCUT2D eigenvalue weighted by molar-refractivity contribution is 6.73. The van der Waals surface area contributed by atoms with E-state index in [9.17, 15) is 22.5 Å². The van der Waals surface area contributed by atoms with Crippen LogP contribution in [0.15, 0.2) is 27.4 Å². The third kappa shape index (κ3) is 3.52. The van der Waals surface area contributed by atoms with Crippen molar-refractivity contribution in [1.82, 2.24) is 4.57 Å². The van der Waals surface area contributed by atoms with Gasteiger partial charge in [-0.1, -0.05) is 6.07 Å². The molecule has 9 heteroatoms. The number of fused-ring (bicyclic) bond motifs is 1. The summed E-state index contributed by atoms with van der Waals surface area (Å²) >= 11 is 0. The second-order valence-electron chi connectivity index (χ2n) is 5.84. The van der Waals surface area contributed by atoms with Gasteiger partial charge >= 0.3 is 18.7 Å². The van der Waals surface area contributed by atoms with Crippen molar-refractivity contribution in [3.8, 4) is 0 Å². The maximum atomic E-state index is 12.7. The van der Waals surface area contributed by atoms with Crippen LogP contribution in [0.4, 0.5) is 12.9 Å². The standard InChI is InChI=1S/C13H14BF3NO4/c1-13(2,3)22-11(19)7-18-9-5-4-8(14(15,16)17)6-10(9)21-12(18)20/h4-6H,7H2,1-3H3/q-1. The Morgan fingerprint density at radius 3 is 2.50 bits per heavy atom. The molecule has 0 amide bonds. The van der Waals surface area contributed by atoms with Crippen LogP contribution in [0.25, 0.3) is 11.1 Å². The second-order valence-corrected chi connectivity index (χ2v) is 5.84. The Hall–Kier alpha value is -2.19. The smallest absolute Gasteiger partial charge is 0.459 e. The lowest BCUT2D eigenvalue weighted by molar-refractivity contribution is -0.155. The summed E-state index contributed by atoms with van der Waals surface area (Å²) in [6.07, 6.45) is 0. The van der Waals surface area contributed by atoms with Crippen molar-refractivity contribution in [3.63, 3.8) is 0 Å². The number of oxazole rings is 1. The third-order valence-electron chi connectivity index (χ3n) is 2.78. The molecule has 1 aromatic carbocycles. The molecule has 0 spiro atoms. The average Bonchev–Trinajstić information content (AvgIpc) is 2.61. The highest BCUT2D eigenvalue weighted by Crippen LogP contribution is 2.16.